The predicted octanol–water partition coefficient (Wildman–Crippen LogP) is 6.63. The maximum absolute atomic E-state index is 4.82. The SMILES string of the molecule is C.Cc1c(C)c(C)c(CNCC2CCC(Nc3nc(N(C)C)c4ccccc4n3)CC2)c(C)c1C. The molecule has 190 valence electrons. The van der Waals surface area contributed by atoms with E-state index in [9.17, 15) is 0 Å². The number of nitrogens with one attached hydrogen (secondary N) is 2. The van der Waals surface area contributed by atoms with Crippen LogP contribution in [0.5, 0.6) is 0 Å². The van der Waals surface area contributed by atoms with E-state index in [4.69, 9.17) is 9.97 Å². The van der Waals surface area contributed by atoms with Crippen LogP contribution in [0.4, 0.5) is 11.8 Å². The minimum absolute atomic E-state index is 0. The number of fused-ring (bicyclic) bond motifs is 1. The van der Waals surface area contributed by atoms with E-state index in [0.29, 0.717) is 6.04 Å². The monoisotopic (exact) mass is 475 g/mol. The van der Waals surface area contributed by atoms with Crippen molar-refractivity contribution < 1.29 is 0 Å². The Morgan fingerprint density at radius 3 is 2.06 bits per heavy atom. The van der Waals surface area contributed by atoms with Crippen molar-refractivity contribution in [1.29, 1.82) is 0 Å². The third-order valence-electron chi connectivity index (χ3n) is 8.08. The lowest BCUT2D eigenvalue weighted by Crippen LogP contribution is -2.32. The first-order valence-corrected chi connectivity index (χ1v) is 12.7. The summed E-state index contributed by atoms with van der Waals surface area (Å²) in [6.07, 6.45) is 4.81. The Balaban J connectivity index is 0.00000342. The molecule has 4 rings (SSSR count). The van der Waals surface area contributed by atoms with Gasteiger partial charge in [-0.15, -0.1) is 0 Å². The first-order chi connectivity index (χ1) is 16.3. The highest BCUT2D eigenvalue weighted by Crippen LogP contribution is 2.29. The first kappa shape index (κ1) is 26.9. The van der Waals surface area contributed by atoms with Crippen molar-refractivity contribution in [2.24, 2.45) is 5.92 Å². The summed E-state index contributed by atoms with van der Waals surface area (Å²) < 4.78 is 0. The molecule has 1 fully saturated rings. The average Bonchev–Trinajstić information content (AvgIpc) is 2.84. The second kappa shape index (κ2) is 11.4. The van der Waals surface area contributed by atoms with Crippen LogP contribution in [0.15, 0.2) is 24.3 Å². The smallest absolute Gasteiger partial charge is 0.225 e. The largest absolute Gasteiger partial charge is 0.362 e. The zero-order valence-electron chi connectivity index (χ0n) is 22.0. The highest BCUT2D eigenvalue weighted by atomic mass is 15.2. The van der Waals surface area contributed by atoms with Gasteiger partial charge in [0.2, 0.25) is 5.95 Å². The topological polar surface area (TPSA) is 53.1 Å². The fourth-order valence-corrected chi connectivity index (χ4v) is 5.40. The predicted molar refractivity (Wildman–Crippen MR) is 152 cm³/mol. The van der Waals surface area contributed by atoms with Gasteiger partial charge in [0.05, 0.1) is 5.52 Å². The zero-order chi connectivity index (χ0) is 24.4. The molecule has 0 spiro atoms. The molecule has 1 aliphatic carbocycles. The molecule has 2 N–H and O–H groups in total. The van der Waals surface area contributed by atoms with Gasteiger partial charge in [0.25, 0.3) is 0 Å². The van der Waals surface area contributed by atoms with Crippen LogP contribution in [0.25, 0.3) is 10.9 Å². The number of aromatic nitrogens is 2. The quantitative estimate of drug-likeness (QED) is 0.401. The lowest BCUT2D eigenvalue weighted by Gasteiger charge is -2.30. The molecule has 35 heavy (non-hydrogen) atoms. The van der Waals surface area contributed by atoms with Crippen LogP contribution in [0.3, 0.4) is 0 Å². The van der Waals surface area contributed by atoms with Crippen LogP contribution in [0.1, 0.15) is 66.5 Å². The Hall–Kier alpha value is -2.66. The molecule has 1 aromatic heterocycles. The Labute approximate surface area is 212 Å². The summed E-state index contributed by atoms with van der Waals surface area (Å²) in [7, 11) is 4.08. The van der Waals surface area contributed by atoms with Crippen LogP contribution >= 0.6 is 0 Å². The number of nitrogens with zero attached hydrogens (tertiary/aromatic N) is 3. The average molecular weight is 476 g/mol. The van der Waals surface area contributed by atoms with E-state index in [1.54, 1.807) is 0 Å². The Morgan fingerprint density at radius 1 is 0.829 bits per heavy atom. The van der Waals surface area contributed by atoms with Crippen molar-refractivity contribution in [2.75, 3.05) is 30.9 Å². The van der Waals surface area contributed by atoms with Crippen molar-refractivity contribution >= 4 is 22.7 Å². The van der Waals surface area contributed by atoms with E-state index in [1.807, 2.05) is 26.2 Å². The van der Waals surface area contributed by atoms with E-state index in [1.165, 1.54) is 59.1 Å². The molecule has 0 aliphatic heterocycles. The van der Waals surface area contributed by atoms with Crippen LogP contribution in [0.2, 0.25) is 0 Å². The van der Waals surface area contributed by atoms with Crippen molar-refractivity contribution in [2.45, 2.75) is 80.3 Å². The van der Waals surface area contributed by atoms with Gasteiger partial charge in [0, 0.05) is 32.1 Å². The molecule has 3 aromatic rings. The fraction of sp³-hybridized carbons (Fsp3) is 0.533. The number of hydrogen-bond acceptors (Lipinski definition) is 5. The molecule has 1 heterocycles. The molecule has 0 amide bonds. The van der Waals surface area contributed by atoms with Crippen molar-refractivity contribution in [1.82, 2.24) is 15.3 Å². The van der Waals surface area contributed by atoms with Gasteiger partial charge >= 0.3 is 0 Å². The highest BCUT2D eigenvalue weighted by molar-refractivity contribution is 5.90. The highest BCUT2D eigenvalue weighted by Gasteiger charge is 2.22. The number of hydrogen-bond donors (Lipinski definition) is 2. The summed E-state index contributed by atoms with van der Waals surface area (Å²) in [5.41, 5.74) is 9.72. The number of anilines is 2. The molecule has 5 nitrogen and oxygen atoms in total. The second-order valence-corrected chi connectivity index (χ2v) is 10.4. The van der Waals surface area contributed by atoms with E-state index in [2.05, 4.69) is 62.3 Å². The van der Waals surface area contributed by atoms with Crippen LogP contribution < -0.4 is 15.5 Å². The summed E-state index contributed by atoms with van der Waals surface area (Å²) in [5, 5.41) is 8.51. The zero-order valence-corrected chi connectivity index (χ0v) is 22.0. The molecule has 0 atom stereocenters. The number of para-hydroxylation sites is 1. The summed E-state index contributed by atoms with van der Waals surface area (Å²) in [4.78, 5) is 11.7. The van der Waals surface area contributed by atoms with Gasteiger partial charge < -0.3 is 15.5 Å². The van der Waals surface area contributed by atoms with Crippen molar-refractivity contribution in [3.63, 3.8) is 0 Å². The van der Waals surface area contributed by atoms with Crippen LogP contribution in [0, 0.1) is 40.5 Å². The lowest BCUT2D eigenvalue weighted by atomic mass is 9.85. The summed E-state index contributed by atoms with van der Waals surface area (Å²) in [6.45, 7) is 13.4. The van der Waals surface area contributed by atoms with Gasteiger partial charge in [-0.3, -0.25) is 0 Å². The Bertz CT molecular complexity index is 1130. The molecule has 2 aromatic carbocycles. The first-order valence-electron chi connectivity index (χ1n) is 12.7. The van der Waals surface area contributed by atoms with Crippen molar-refractivity contribution in [3.8, 4) is 0 Å². The molecule has 1 saturated carbocycles. The van der Waals surface area contributed by atoms with Crippen LogP contribution in [-0.4, -0.2) is 36.6 Å². The molecular weight excluding hydrogens is 430 g/mol. The molecule has 0 unspecified atom stereocenters. The Kier molecular flexibility index (Phi) is 8.76. The van der Waals surface area contributed by atoms with Gasteiger partial charge in [-0.25, -0.2) is 4.98 Å². The van der Waals surface area contributed by atoms with Gasteiger partial charge in [-0.1, -0.05) is 19.6 Å². The van der Waals surface area contributed by atoms with E-state index >= 15 is 0 Å². The van der Waals surface area contributed by atoms with E-state index in [-0.39, 0.29) is 7.43 Å². The van der Waals surface area contributed by atoms with Crippen LogP contribution in [-0.2, 0) is 6.54 Å². The molecule has 0 saturated heterocycles. The lowest BCUT2D eigenvalue weighted by molar-refractivity contribution is 0.323. The minimum Gasteiger partial charge on any atom is -0.362 e. The molecular formula is C30H45N5. The third-order valence-corrected chi connectivity index (χ3v) is 8.08. The van der Waals surface area contributed by atoms with Crippen molar-refractivity contribution in [3.05, 3.63) is 57.6 Å². The summed E-state index contributed by atoms with van der Waals surface area (Å²) in [6, 6.07) is 8.69. The molecule has 1 aliphatic rings. The summed E-state index contributed by atoms with van der Waals surface area (Å²) >= 11 is 0. The normalized spacial score (nSPS) is 17.8. The van der Waals surface area contributed by atoms with E-state index < -0.39 is 0 Å². The van der Waals surface area contributed by atoms with Gasteiger partial charge in [0.15, 0.2) is 0 Å². The summed E-state index contributed by atoms with van der Waals surface area (Å²) in [5.74, 6) is 2.46. The maximum Gasteiger partial charge on any atom is 0.225 e. The maximum atomic E-state index is 4.82. The molecule has 5 heteroatoms. The van der Waals surface area contributed by atoms with Gasteiger partial charge in [-0.2, -0.15) is 4.98 Å². The van der Waals surface area contributed by atoms with Gasteiger partial charge in [-0.05, 0) is 118 Å². The Morgan fingerprint density at radius 2 is 1.43 bits per heavy atom. The third kappa shape index (κ3) is 5.78. The number of rotatable bonds is 7. The molecule has 0 radical (unpaired) electrons. The number of benzene rings is 2. The fourth-order valence-electron chi connectivity index (χ4n) is 5.40. The van der Waals surface area contributed by atoms with Gasteiger partial charge in [0.1, 0.15) is 5.82 Å². The molecule has 0 bridgehead atoms. The second-order valence-electron chi connectivity index (χ2n) is 10.4. The van der Waals surface area contributed by atoms with E-state index in [0.717, 1.165) is 41.7 Å². The standard InChI is InChI=1S/C29H41N5.CH4/c1-18-19(2)21(4)26(22(5)20(18)3)17-30-16-23-12-14-24(15-13-23)31-29-32-27-11-9-8-10-25(27)28(33-29)34(6)7;/h8-11,23-24,30H,12-17H2,1-7H3,(H,31,32,33);1H4. The minimum atomic E-state index is 0.